The molecule has 3 rings (SSSR count). The third-order valence-corrected chi connectivity index (χ3v) is 5.34. The number of benzene rings is 1. The van der Waals surface area contributed by atoms with E-state index in [0.29, 0.717) is 18.2 Å². The number of hydrogen-bond donors (Lipinski definition) is 0. The fourth-order valence-electron chi connectivity index (χ4n) is 3.15. The smallest absolute Gasteiger partial charge is 0.260 e. The topological polar surface area (TPSA) is 38.8 Å². The van der Waals surface area contributed by atoms with Crippen LogP contribution in [-0.2, 0) is 9.53 Å². The largest absolute Gasteiger partial charge is 0.484 e. The molecule has 24 heavy (non-hydrogen) atoms. The van der Waals surface area contributed by atoms with Crippen LogP contribution >= 0.6 is 11.6 Å². The van der Waals surface area contributed by atoms with Crippen LogP contribution < -0.4 is 4.74 Å². The maximum atomic E-state index is 12.6. The second-order valence-electron chi connectivity index (χ2n) is 7.04. The van der Waals surface area contributed by atoms with Crippen molar-refractivity contribution in [1.82, 2.24) is 4.90 Å². The molecule has 0 bridgehead atoms. The van der Waals surface area contributed by atoms with E-state index in [9.17, 15) is 4.79 Å². The molecule has 2 aliphatic rings. The van der Waals surface area contributed by atoms with Crippen LogP contribution in [0.4, 0.5) is 0 Å². The van der Waals surface area contributed by atoms with Crippen LogP contribution in [0.1, 0.15) is 36.8 Å². The first-order valence-electron chi connectivity index (χ1n) is 8.82. The fraction of sp³-hybridized carbons (Fsp3) is 0.632. The Morgan fingerprint density at radius 2 is 1.96 bits per heavy atom. The zero-order chi connectivity index (χ0) is 17.1. The Kier molecular flexibility index (Phi) is 5.67. The number of aryl methyl sites for hydroxylation is 2. The van der Waals surface area contributed by atoms with Gasteiger partial charge in [0.2, 0.25) is 0 Å². The van der Waals surface area contributed by atoms with E-state index in [1.807, 2.05) is 30.9 Å². The molecule has 0 N–H and O–H groups in total. The van der Waals surface area contributed by atoms with Crippen LogP contribution in [0.25, 0.3) is 0 Å². The summed E-state index contributed by atoms with van der Waals surface area (Å²) in [6, 6.07) is 3.77. The van der Waals surface area contributed by atoms with Crippen LogP contribution in [0.15, 0.2) is 12.1 Å². The van der Waals surface area contributed by atoms with Gasteiger partial charge >= 0.3 is 0 Å². The maximum Gasteiger partial charge on any atom is 0.260 e. The Balaban J connectivity index is 1.57. The number of nitrogens with zero attached hydrogens (tertiary/aromatic N) is 1. The molecule has 1 unspecified atom stereocenters. The summed E-state index contributed by atoms with van der Waals surface area (Å²) in [7, 11) is 0. The van der Waals surface area contributed by atoms with Gasteiger partial charge in [-0.05, 0) is 68.7 Å². The van der Waals surface area contributed by atoms with Gasteiger partial charge in [-0.15, -0.1) is 0 Å². The molecule has 0 aromatic heterocycles. The van der Waals surface area contributed by atoms with Crippen LogP contribution in [0.2, 0.25) is 5.02 Å². The minimum atomic E-state index is 0.0441. The number of hydrogen-bond acceptors (Lipinski definition) is 3. The first-order valence-corrected chi connectivity index (χ1v) is 9.19. The maximum absolute atomic E-state index is 12.6. The SMILES string of the molecule is Cc1cc(OCC(=O)N(CC2CC2)CC2CCCO2)cc(C)c1Cl. The molecule has 1 saturated carbocycles. The summed E-state index contributed by atoms with van der Waals surface area (Å²) in [6.45, 7) is 6.30. The van der Waals surface area contributed by atoms with E-state index in [1.54, 1.807) is 0 Å². The second-order valence-corrected chi connectivity index (χ2v) is 7.41. The van der Waals surface area contributed by atoms with E-state index in [0.717, 1.165) is 42.1 Å². The summed E-state index contributed by atoms with van der Waals surface area (Å²) in [5, 5.41) is 0.752. The monoisotopic (exact) mass is 351 g/mol. The van der Waals surface area contributed by atoms with E-state index < -0.39 is 0 Å². The second kappa shape index (κ2) is 7.75. The van der Waals surface area contributed by atoms with Gasteiger partial charge in [0.15, 0.2) is 6.61 Å². The zero-order valence-electron chi connectivity index (χ0n) is 14.5. The van der Waals surface area contributed by atoms with Gasteiger partial charge in [-0.25, -0.2) is 0 Å². The van der Waals surface area contributed by atoms with Gasteiger partial charge in [-0.1, -0.05) is 11.6 Å². The van der Waals surface area contributed by atoms with Crippen LogP contribution in [0.3, 0.4) is 0 Å². The van der Waals surface area contributed by atoms with E-state index in [4.69, 9.17) is 21.1 Å². The van der Waals surface area contributed by atoms with E-state index in [2.05, 4.69) is 0 Å². The Bertz CT molecular complexity index is 571. The molecule has 0 radical (unpaired) electrons. The van der Waals surface area contributed by atoms with Crippen molar-refractivity contribution < 1.29 is 14.3 Å². The minimum absolute atomic E-state index is 0.0441. The molecule has 1 aliphatic heterocycles. The van der Waals surface area contributed by atoms with Crippen molar-refractivity contribution in [1.29, 1.82) is 0 Å². The highest BCUT2D eigenvalue weighted by Gasteiger charge is 2.29. The Morgan fingerprint density at radius 3 is 2.54 bits per heavy atom. The highest BCUT2D eigenvalue weighted by atomic mass is 35.5. The van der Waals surface area contributed by atoms with Crippen LogP contribution in [-0.4, -0.2) is 43.2 Å². The van der Waals surface area contributed by atoms with Crippen LogP contribution in [0, 0.1) is 19.8 Å². The van der Waals surface area contributed by atoms with Gasteiger partial charge < -0.3 is 14.4 Å². The molecule has 132 valence electrons. The van der Waals surface area contributed by atoms with Gasteiger partial charge in [-0.3, -0.25) is 4.79 Å². The average molecular weight is 352 g/mol. The lowest BCUT2D eigenvalue weighted by molar-refractivity contribution is -0.135. The van der Waals surface area contributed by atoms with Gasteiger partial charge in [0.1, 0.15) is 5.75 Å². The first-order chi connectivity index (χ1) is 11.5. The van der Waals surface area contributed by atoms with E-state index in [-0.39, 0.29) is 18.6 Å². The standard InChI is InChI=1S/C19H26ClNO3/c1-13-8-17(9-14(2)19(13)20)24-12-18(22)21(10-15-5-6-15)11-16-4-3-7-23-16/h8-9,15-16H,3-7,10-12H2,1-2H3. The number of carbonyl (C=O) groups is 1. The molecule has 0 spiro atoms. The summed E-state index contributed by atoms with van der Waals surface area (Å²) in [5.41, 5.74) is 1.93. The van der Waals surface area contributed by atoms with Crippen molar-refractivity contribution in [3.8, 4) is 5.75 Å². The molecular formula is C19H26ClNO3. The predicted octanol–water partition coefficient (Wildman–Crippen LogP) is 3.75. The van der Waals surface area contributed by atoms with E-state index >= 15 is 0 Å². The van der Waals surface area contributed by atoms with Crippen molar-refractivity contribution in [3.05, 3.63) is 28.3 Å². The molecule has 2 fully saturated rings. The number of halogens is 1. The van der Waals surface area contributed by atoms with E-state index in [1.165, 1.54) is 12.8 Å². The third kappa shape index (κ3) is 4.64. The average Bonchev–Trinajstić information content (AvgIpc) is 3.22. The van der Waals surface area contributed by atoms with Crippen molar-refractivity contribution in [2.75, 3.05) is 26.3 Å². The Hall–Kier alpha value is -1.26. The van der Waals surface area contributed by atoms with Crippen molar-refractivity contribution in [3.63, 3.8) is 0 Å². The lowest BCUT2D eigenvalue weighted by Crippen LogP contribution is -2.41. The zero-order valence-corrected chi connectivity index (χ0v) is 15.3. The highest BCUT2D eigenvalue weighted by molar-refractivity contribution is 6.32. The molecule has 1 amide bonds. The quantitative estimate of drug-likeness (QED) is 0.751. The Labute approximate surface area is 149 Å². The lowest BCUT2D eigenvalue weighted by Gasteiger charge is -2.25. The Morgan fingerprint density at radius 1 is 1.25 bits per heavy atom. The van der Waals surface area contributed by atoms with Crippen LogP contribution in [0.5, 0.6) is 5.75 Å². The first kappa shape index (κ1) is 17.6. The predicted molar refractivity (Wildman–Crippen MR) is 94.7 cm³/mol. The van der Waals surface area contributed by atoms with Gasteiger partial charge in [0.05, 0.1) is 6.10 Å². The number of amides is 1. The molecule has 1 saturated heterocycles. The molecule has 4 nitrogen and oxygen atoms in total. The van der Waals surface area contributed by atoms with Crippen molar-refractivity contribution in [2.24, 2.45) is 5.92 Å². The number of ether oxygens (including phenoxy) is 2. The molecule has 1 aromatic rings. The summed E-state index contributed by atoms with van der Waals surface area (Å²) in [6.07, 6.45) is 4.78. The normalized spacial score (nSPS) is 20.2. The molecule has 1 atom stereocenters. The lowest BCUT2D eigenvalue weighted by atomic mass is 10.1. The third-order valence-electron chi connectivity index (χ3n) is 4.75. The summed E-state index contributed by atoms with van der Waals surface area (Å²) < 4.78 is 11.4. The summed E-state index contributed by atoms with van der Waals surface area (Å²) in [4.78, 5) is 14.6. The fourth-order valence-corrected chi connectivity index (χ4v) is 3.26. The molecule has 1 heterocycles. The summed E-state index contributed by atoms with van der Waals surface area (Å²) in [5.74, 6) is 1.41. The molecule has 5 heteroatoms. The van der Waals surface area contributed by atoms with Gasteiger partial charge in [0, 0.05) is 24.7 Å². The van der Waals surface area contributed by atoms with Crippen molar-refractivity contribution >= 4 is 17.5 Å². The number of carbonyl (C=O) groups excluding carboxylic acids is 1. The molecule has 1 aromatic carbocycles. The summed E-state index contributed by atoms with van der Waals surface area (Å²) >= 11 is 6.18. The number of rotatable bonds is 7. The minimum Gasteiger partial charge on any atom is -0.484 e. The van der Waals surface area contributed by atoms with Crippen molar-refractivity contribution in [2.45, 2.75) is 45.6 Å². The van der Waals surface area contributed by atoms with Gasteiger partial charge in [0.25, 0.3) is 5.91 Å². The molecule has 1 aliphatic carbocycles. The molecular weight excluding hydrogens is 326 g/mol. The highest BCUT2D eigenvalue weighted by Crippen LogP contribution is 2.30. The van der Waals surface area contributed by atoms with Gasteiger partial charge in [-0.2, -0.15) is 0 Å².